The molecule has 2 aromatic rings. The Morgan fingerprint density at radius 3 is 2.55 bits per heavy atom. The number of hydrogen-bond acceptors (Lipinski definition) is 4. The number of rotatable bonds is 2. The summed E-state index contributed by atoms with van der Waals surface area (Å²) in [6.45, 7) is 4.30. The number of aryl methyl sites for hydroxylation is 1. The fourth-order valence-electron chi connectivity index (χ4n) is 2.42. The van der Waals surface area contributed by atoms with Gasteiger partial charge >= 0.3 is 0 Å². The molecule has 1 aromatic heterocycles. The minimum Gasteiger partial charge on any atom is -0.345 e. The van der Waals surface area contributed by atoms with Gasteiger partial charge in [0.05, 0.1) is 5.56 Å². The highest BCUT2D eigenvalue weighted by molar-refractivity contribution is 7.15. The zero-order chi connectivity index (χ0) is 15.7. The first kappa shape index (κ1) is 14.9. The third-order valence-corrected chi connectivity index (χ3v) is 4.58. The summed E-state index contributed by atoms with van der Waals surface area (Å²) < 4.78 is 26.6. The molecule has 0 N–H and O–H groups in total. The van der Waals surface area contributed by atoms with Crippen molar-refractivity contribution in [3.05, 3.63) is 46.5 Å². The van der Waals surface area contributed by atoms with Crippen LogP contribution in [0.4, 0.5) is 13.9 Å². The van der Waals surface area contributed by atoms with E-state index >= 15 is 0 Å². The Morgan fingerprint density at radius 2 is 1.95 bits per heavy atom. The summed E-state index contributed by atoms with van der Waals surface area (Å²) in [5, 5.41) is 0.942. The van der Waals surface area contributed by atoms with Crippen LogP contribution in [0.25, 0.3) is 0 Å². The van der Waals surface area contributed by atoms with Crippen LogP contribution in [0.5, 0.6) is 0 Å². The van der Waals surface area contributed by atoms with E-state index in [1.165, 1.54) is 6.07 Å². The molecule has 1 fully saturated rings. The van der Waals surface area contributed by atoms with Crippen molar-refractivity contribution in [2.45, 2.75) is 6.92 Å². The van der Waals surface area contributed by atoms with Gasteiger partial charge in [-0.15, -0.1) is 11.3 Å². The molecule has 22 heavy (non-hydrogen) atoms. The smallest absolute Gasteiger partial charge is 0.256 e. The van der Waals surface area contributed by atoms with Gasteiger partial charge in [-0.2, -0.15) is 0 Å². The third-order valence-electron chi connectivity index (χ3n) is 3.61. The van der Waals surface area contributed by atoms with Crippen LogP contribution >= 0.6 is 11.3 Å². The first-order valence-corrected chi connectivity index (χ1v) is 7.78. The molecule has 116 valence electrons. The minimum atomic E-state index is -0.817. The number of anilines is 1. The number of thiazole rings is 1. The molecule has 1 amide bonds. The quantitative estimate of drug-likeness (QED) is 0.852. The van der Waals surface area contributed by atoms with Crippen molar-refractivity contribution in [2.75, 3.05) is 31.1 Å². The maximum Gasteiger partial charge on any atom is 0.256 e. The van der Waals surface area contributed by atoms with E-state index in [9.17, 15) is 13.6 Å². The molecule has 0 bridgehead atoms. The highest BCUT2D eigenvalue weighted by atomic mass is 32.1. The molecule has 0 atom stereocenters. The van der Waals surface area contributed by atoms with E-state index in [4.69, 9.17) is 0 Å². The van der Waals surface area contributed by atoms with E-state index in [1.807, 2.05) is 13.1 Å². The molecule has 0 radical (unpaired) electrons. The average Bonchev–Trinajstić information content (AvgIpc) is 2.93. The van der Waals surface area contributed by atoms with E-state index < -0.39 is 17.5 Å². The van der Waals surface area contributed by atoms with Crippen LogP contribution in [-0.2, 0) is 0 Å². The maximum absolute atomic E-state index is 13.7. The van der Waals surface area contributed by atoms with E-state index in [2.05, 4.69) is 9.88 Å². The summed E-state index contributed by atoms with van der Waals surface area (Å²) in [5.74, 6) is -1.89. The molecule has 1 aliphatic rings. The molecule has 0 aliphatic carbocycles. The molecule has 4 nitrogen and oxygen atoms in total. The van der Waals surface area contributed by atoms with Crippen LogP contribution in [0.3, 0.4) is 0 Å². The van der Waals surface area contributed by atoms with Gasteiger partial charge in [-0.3, -0.25) is 4.79 Å². The molecule has 1 aromatic carbocycles. The molecule has 0 saturated carbocycles. The van der Waals surface area contributed by atoms with Gasteiger partial charge in [0.25, 0.3) is 5.91 Å². The topological polar surface area (TPSA) is 36.4 Å². The lowest BCUT2D eigenvalue weighted by molar-refractivity contribution is 0.0742. The number of carbonyl (C=O) groups excluding carboxylic acids is 1. The van der Waals surface area contributed by atoms with Gasteiger partial charge in [-0.05, 0) is 19.1 Å². The van der Waals surface area contributed by atoms with Gasteiger partial charge < -0.3 is 9.80 Å². The van der Waals surface area contributed by atoms with Gasteiger partial charge in [-0.1, -0.05) is 0 Å². The zero-order valence-electron chi connectivity index (χ0n) is 12.1. The first-order chi connectivity index (χ1) is 10.5. The lowest BCUT2D eigenvalue weighted by Gasteiger charge is -2.34. The third kappa shape index (κ3) is 2.94. The van der Waals surface area contributed by atoms with Crippen molar-refractivity contribution in [1.29, 1.82) is 0 Å². The van der Waals surface area contributed by atoms with Gasteiger partial charge in [0.1, 0.15) is 11.6 Å². The molecule has 0 spiro atoms. The zero-order valence-corrected chi connectivity index (χ0v) is 12.9. The molecule has 1 saturated heterocycles. The summed E-state index contributed by atoms with van der Waals surface area (Å²) in [4.78, 5) is 21.5. The number of nitrogens with zero attached hydrogens (tertiary/aromatic N) is 3. The van der Waals surface area contributed by atoms with Crippen LogP contribution in [0, 0.1) is 18.6 Å². The number of halogens is 2. The Hall–Kier alpha value is -2.02. The number of amides is 1. The molecular formula is C15H15F2N3OS. The van der Waals surface area contributed by atoms with E-state index in [-0.39, 0.29) is 5.56 Å². The maximum atomic E-state index is 13.7. The average molecular weight is 323 g/mol. The molecule has 2 heterocycles. The Kier molecular flexibility index (Phi) is 4.06. The van der Waals surface area contributed by atoms with Crippen molar-refractivity contribution in [3.8, 4) is 0 Å². The van der Waals surface area contributed by atoms with E-state index in [0.29, 0.717) is 26.2 Å². The van der Waals surface area contributed by atoms with Crippen LogP contribution in [0.15, 0.2) is 24.4 Å². The van der Waals surface area contributed by atoms with Crippen molar-refractivity contribution in [1.82, 2.24) is 9.88 Å². The molecule has 0 unspecified atom stereocenters. The summed E-state index contributed by atoms with van der Waals surface area (Å²) >= 11 is 1.61. The van der Waals surface area contributed by atoms with E-state index in [0.717, 1.165) is 22.1 Å². The fourth-order valence-corrected chi connectivity index (χ4v) is 3.23. The Labute approximate surface area is 131 Å². The number of benzene rings is 1. The monoisotopic (exact) mass is 323 g/mol. The number of piperazine rings is 1. The first-order valence-electron chi connectivity index (χ1n) is 6.96. The molecule has 1 aliphatic heterocycles. The summed E-state index contributed by atoms with van der Waals surface area (Å²) in [6.07, 6.45) is 1.82. The predicted octanol–water partition coefficient (Wildman–Crippen LogP) is 2.69. The molecule has 7 heteroatoms. The minimum absolute atomic E-state index is 0.0834. The summed E-state index contributed by atoms with van der Waals surface area (Å²) in [6, 6.07) is 3.04. The van der Waals surface area contributed by atoms with E-state index in [1.54, 1.807) is 16.2 Å². The number of hydrogen-bond donors (Lipinski definition) is 0. The molecular weight excluding hydrogens is 308 g/mol. The Bertz CT molecular complexity index is 696. The van der Waals surface area contributed by atoms with Gasteiger partial charge in [0, 0.05) is 43.3 Å². The normalized spacial score (nSPS) is 15.2. The van der Waals surface area contributed by atoms with Gasteiger partial charge in [0.15, 0.2) is 5.13 Å². The Balaban J connectivity index is 1.67. The summed E-state index contributed by atoms with van der Waals surface area (Å²) in [5.41, 5.74) is -0.0834. The lowest BCUT2D eigenvalue weighted by Crippen LogP contribution is -2.49. The second kappa shape index (κ2) is 6.00. The van der Waals surface area contributed by atoms with Crippen molar-refractivity contribution < 1.29 is 13.6 Å². The van der Waals surface area contributed by atoms with Crippen molar-refractivity contribution in [2.24, 2.45) is 0 Å². The van der Waals surface area contributed by atoms with Gasteiger partial charge in [0.2, 0.25) is 0 Å². The molecule has 3 rings (SSSR count). The second-order valence-electron chi connectivity index (χ2n) is 5.16. The predicted molar refractivity (Wildman–Crippen MR) is 81.3 cm³/mol. The van der Waals surface area contributed by atoms with Crippen LogP contribution in [0.2, 0.25) is 0 Å². The van der Waals surface area contributed by atoms with Crippen LogP contribution in [0.1, 0.15) is 15.2 Å². The largest absolute Gasteiger partial charge is 0.345 e. The Morgan fingerprint density at radius 1 is 1.23 bits per heavy atom. The van der Waals surface area contributed by atoms with Crippen molar-refractivity contribution >= 4 is 22.4 Å². The second-order valence-corrected chi connectivity index (χ2v) is 6.37. The van der Waals surface area contributed by atoms with Gasteiger partial charge in [-0.25, -0.2) is 13.8 Å². The van der Waals surface area contributed by atoms with Crippen LogP contribution in [-0.4, -0.2) is 42.0 Å². The number of carbonyl (C=O) groups is 1. The number of aromatic nitrogens is 1. The standard InChI is InChI=1S/C15H15F2N3OS/c1-10-9-18-15(22-10)20-6-4-19(5-7-20)14(21)12-3-2-11(16)8-13(12)17/h2-3,8-9H,4-7H2,1H3. The lowest BCUT2D eigenvalue weighted by atomic mass is 10.1. The highest BCUT2D eigenvalue weighted by Crippen LogP contribution is 2.23. The van der Waals surface area contributed by atoms with Crippen LogP contribution < -0.4 is 4.90 Å². The SMILES string of the molecule is Cc1cnc(N2CCN(C(=O)c3ccc(F)cc3F)CC2)s1. The summed E-state index contributed by atoms with van der Waals surface area (Å²) in [7, 11) is 0. The van der Waals surface area contributed by atoms with Crippen molar-refractivity contribution in [3.63, 3.8) is 0 Å². The fraction of sp³-hybridized carbons (Fsp3) is 0.333. The highest BCUT2D eigenvalue weighted by Gasteiger charge is 2.25.